The fourth-order valence-corrected chi connectivity index (χ4v) is 8.42. The van der Waals surface area contributed by atoms with Crippen molar-refractivity contribution in [3.63, 3.8) is 0 Å². The summed E-state index contributed by atoms with van der Waals surface area (Å²) in [6.45, 7) is -0.423. The third-order valence-electron chi connectivity index (χ3n) is 11.2. The summed E-state index contributed by atoms with van der Waals surface area (Å²) < 4.78 is 5.80. The van der Waals surface area contributed by atoms with E-state index in [2.05, 4.69) is 26.6 Å². The number of ether oxygens (including phenoxy) is 1. The largest absolute Gasteiger partial charge is 0.484 e. The Bertz CT molecular complexity index is 2560. The summed E-state index contributed by atoms with van der Waals surface area (Å²) in [5.41, 5.74) is 4.85. The number of carbonyl (C=O) groups excluding carboxylic acids is 5. The van der Waals surface area contributed by atoms with Crippen LogP contribution in [0.15, 0.2) is 157 Å². The van der Waals surface area contributed by atoms with Crippen LogP contribution in [0.1, 0.15) is 33.6 Å². The van der Waals surface area contributed by atoms with Gasteiger partial charge < -0.3 is 36.4 Å². The van der Waals surface area contributed by atoms with Gasteiger partial charge in [0, 0.05) is 30.6 Å². The van der Waals surface area contributed by atoms with Gasteiger partial charge in [0.2, 0.25) is 23.6 Å². The molecular formula is C52H51N5O8S. The Labute approximate surface area is 387 Å². The average molecular weight is 906 g/mol. The van der Waals surface area contributed by atoms with Crippen LogP contribution in [0.3, 0.4) is 0 Å². The Morgan fingerprint density at radius 3 is 1.85 bits per heavy atom. The van der Waals surface area contributed by atoms with Crippen LogP contribution in [0.25, 0.3) is 11.1 Å². The number of benzene rings is 5. The van der Waals surface area contributed by atoms with E-state index in [0.717, 1.165) is 27.1 Å². The molecule has 2 aliphatic heterocycles. The summed E-state index contributed by atoms with van der Waals surface area (Å²) in [4.78, 5) is 84.5. The number of hydrogen-bond donors (Lipinski definition) is 6. The highest BCUT2D eigenvalue weighted by Gasteiger charge is 2.33. The van der Waals surface area contributed by atoms with Crippen molar-refractivity contribution in [1.29, 1.82) is 0 Å². The highest BCUT2D eigenvalue weighted by molar-refractivity contribution is 7.09. The van der Waals surface area contributed by atoms with Crippen LogP contribution in [0.2, 0.25) is 0 Å². The molecule has 0 saturated carbocycles. The van der Waals surface area contributed by atoms with Crippen LogP contribution in [0, 0.1) is 0 Å². The second-order valence-corrected chi connectivity index (χ2v) is 17.1. The predicted molar refractivity (Wildman–Crippen MR) is 251 cm³/mol. The molecule has 0 spiro atoms. The fraction of sp³-hybridized carbons (Fsp3) is 0.231. The highest BCUT2D eigenvalue weighted by atomic mass is 32.1. The highest BCUT2D eigenvalue weighted by Crippen LogP contribution is 2.21. The lowest BCUT2D eigenvalue weighted by atomic mass is 9.99. The topological polar surface area (TPSA) is 192 Å². The van der Waals surface area contributed by atoms with Gasteiger partial charge in [-0.2, -0.15) is 0 Å². The molecule has 14 heteroatoms. The van der Waals surface area contributed by atoms with Crippen molar-refractivity contribution < 1.29 is 38.6 Å². The van der Waals surface area contributed by atoms with Gasteiger partial charge in [0.1, 0.15) is 36.0 Å². The van der Waals surface area contributed by atoms with Gasteiger partial charge in [0.05, 0.1) is 0 Å². The van der Waals surface area contributed by atoms with Gasteiger partial charge in [0.25, 0.3) is 5.91 Å². The van der Waals surface area contributed by atoms with Gasteiger partial charge in [-0.05, 0) is 69.8 Å². The van der Waals surface area contributed by atoms with Gasteiger partial charge in [-0.3, -0.25) is 24.0 Å². The van der Waals surface area contributed by atoms with Crippen molar-refractivity contribution in [2.75, 3.05) is 6.61 Å². The Hall–Kier alpha value is -7.58. The summed E-state index contributed by atoms with van der Waals surface area (Å²) >= 11 is 1.42. The first-order chi connectivity index (χ1) is 32.1. The quantitative estimate of drug-likeness (QED) is 0.0851. The van der Waals surface area contributed by atoms with Gasteiger partial charge in [-0.1, -0.05) is 133 Å². The SMILES string of the molecule is O=C1COc2ccc(cc2)CC(C(=O)NC(Cc2ccccc2)C(=O)O)NC(=O)C(CCc2ccccc2)NC(=O)C(Cc2ccc(-c3ccccc3)cc2)NC(=O)C(Cc2cccs2)N1. The zero-order valence-corrected chi connectivity index (χ0v) is 36.9. The summed E-state index contributed by atoms with van der Waals surface area (Å²) in [7, 11) is 0. The molecule has 2 bridgehead atoms. The molecule has 3 heterocycles. The van der Waals surface area contributed by atoms with E-state index < -0.39 is 72.3 Å². The molecular weight excluding hydrogens is 855 g/mol. The lowest BCUT2D eigenvalue weighted by Gasteiger charge is -2.27. The number of amides is 5. The Balaban J connectivity index is 1.22. The third-order valence-corrected chi connectivity index (χ3v) is 12.1. The number of rotatable bonds is 13. The Morgan fingerprint density at radius 2 is 1.21 bits per heavy atom. The van der Waals surface area contributed by atoms with E-state index >= 15 is 0 Å². The number of aryl methyl sites for hydroxylation is 1. The number of fused-ring (bicyclic) bond motifs is 16. The smallest absolute Gasteiger partial charge is 0.326 e. The van der Waals surface area contributed by atoms with Gasteiger partial charge >= 0.3 is 5.97 Å². The minimum Gasteiger partial charge on any atom is -0.484 e. The van der Waals surface area contributed by atoms with E-state index in [-0.39, 0.29) is 32.1 Å². The van der Waals surface area contributed by atoms with E-state index in [1.165, 1.54) is 11.3 Å². The zero-order chi connectivity index (χ0) is 46.3. The maximum Gasteiger partial charge on any atom is 0.326 e. The molecule has 1 aromatic heterocycles. The number of aliphatic carboxylic acids is 1. The van der Waals surface area contributed by atoms with Crippen molar-refractivity contribution in [3.05, 3.63) is 184 Å². The molecule has 0 aliphatic carbocycles. The zero-order valence-electron chi connectivity index (χ0n) is 36.1. The molecule has 5 aromatic carbocycles. The first-order valence-electron chi connectivity index (χ1n) is 21.8. The summed E-state index contributed by atoms with van der Waals surface area (Å²) in [6, 6.07) is 39.8. The number of nitrogens with one attached hydrogen (secondary N) is 5. The lowest BCUT2D eigenvalue weighted by molar-refractivity contribution is -0.142. The molecule has 8 rings (SSSR count). The van der Waals surface area contributed by atoms with Crippen LogP contribution >= 0.6 is 11.3 Å². The first kappa shape index (κ1) is 46.4. The van der Waals surface area contributed by atoms with E-state index in [1.54, 1.807) is 54.6 Å². The van der Waals surface area contributed by atoms with E-state index in [9.17, 15) is 33.9 Å². The van der Waals surface area contributed by atoms with E-state index in [4.69, 9.17) is 4.74 Å². The third kappa shape index (κ3) is 13.5. The number of carbonyl (C=O) groups is 6. The molecule has 0 saturated heterocycles. The van der Waals surface area contributed by atoms with Crippen LogP contribution in [0.5, 0.6) is 5.75 Å². The second kappa shape index (κ2) is 22.9. The van der Waals surface area contributed by atoms with Crippen LogP contribution in [-0.4, -0.2) is 77.4 Å². The molecule has 13 nitrogen and oxygen atoms in total. The minimum atomic E-state index is -1.32. The van der Waals surface area contributed by atoms with Crippen molar-refractivity contribution in [1.82, 2.24) is 26.6 Å². The van der Waals surface area contributed by atoms with Crippen molar-refractivity contribution in [2.24, 2.45) is 0 Å². The summed E-state index contributed by atoms with van der Waals surface area (Å²) in [5, 5.41) is 26.1. The molecule has 0 radical (unpaired) electrons. The standard InChI is InChI=1S/C52H51N5O8S/c58-47-33-65-40-25-20-37(21-26-40)30-44(50(61)57-46(52(63)64)31-35-13-6-2-7-14-35)55-48(59)42(27-22-34-11-4-1-5-12-34)54-49(60)43(56-51(62)45(53-47)32-41-17-10-28-66-41)29-36-18-23-39(24-19-36)38-15-8-3-9-16-38/h1-21,23-26,28,42-46H,22,27,29-33H2,(H,53,58)(H,54,60)(H,55,59)(H,56,62)(H,57,61)(H,63,64). The molecule has 66 heavy (non-hydrogen) atoms. The molecule has 5 amide bonds. The van der Waals surface area contributed by atoms with E-state index in [0.29, 0.717) is 23.3 Å². The molecule has 6 aromatic rings. The normalized spacial score (nSPS) is 18.7. The first-order valence-corrected chi connectivity index (χ1v) is 22.6. The van der Waals surface area contributed by atoms with E-state index in [1.807, 2.05) is 102 Å². The number of carboxylic acids is 1. The maximum atomic E-state index is 14.7. The number of thiophene rings is 1. The van der Waals surface area contributed by atoms with Crippen LogP contribution in [0.4, 0.5) is 0 Å². The monoisotopic (exact) mass is 905 g/mol. The van der Waals surface area contributed by atoms with Gasteiger partial charge in [-0.15, -0.1) is 11.3 Å². The molecule has 6 N–H and O–H groups in total. The number of hydrogen-bond acceptors (Lipinski definition) is 8. The van der Waals surface area contributed by atoms with Crippen molar-refractivity contribution in [2.45, 2.75) is 68.7 Å². The lowest BCUT2D eigenvalue weighted by Crippen LogP contribution is -2.60. The van der Waals surface area contributed by atoms with Crippen LogP contribution < -0.4 is 31.3 Å². The van der Waals surface area contributed by atoms with Gasteiger partial charge in [0.15, 0.2) is 6.61 Å². The molecule has 5 unspecified atom stereocenters. The molecule has 2 aliphatic rings. The molecule has 5 atom stereocenters. The Kier molecular flexibility index (Phi) is 16.1. The molecule has 0 fully saturated rings. The van der Waals surface area contributed by atoms with Crippen molar-refractivity contribution in [3.8, 4) is 16.9 Å². The fourth-order valence-electron chi connectivity index (χ4n) is 7.66. The summed E-state index contributed by atoms with van der Waals surface area (Å²) in [6.07, 6.45) is 0.578. The summed E-state index contributed by atoms with van der Waals surface area (Å²) in [5.74, 6) is -4.22. The van der Waals surface area contributed by atoms with Gasteiger partial charge in [-0.25, -0.2) is 4.79 Å². The average Bonchev–Trinajstić information content (AvgIpc) is 3.85. The second-order valence-electron chi connectivity index (χ2n) is 16.1. The molecule has 338 valence electrons. The number of carboxylic acid groups (broad SMARTS) is 1. The predicted octanol–water partition coefficient (Wildman–Crippen LogP) is 5.22. The maximum absolute atomic E-state index is 14.7. The Morgan fingerprint density at radius 1 is 0.621 bits per heavy atom. The minimum absolute atomic E-state index is 0.00573. The van der Waals surface area contributed by atoms with Crippen LogP contribution in [-0.2, 0) is 60.9 Å². The van der Waals surface area contributed by atoms with Crippen molar-refractivity contribution >= 4 is 46.8 Å².